The zero-order valence-electron chi connectivity index (χ0n) is 13.9. The normalized spacial score (nSPS) is 30.6. The molecule has 0 aromatic rings. The molecule has 0 amide bonds. The molecule has 2 aliphatic carbocycles. The average molecular weight is 362 g/mol. The van der Waals surface area contributed by atoms with Crippen molar-refractivity contribution >= 4 is 22.0 Å². The van der Waals surface area contributed by atoms with Crippen LogP contribution in [0.1, 0.15) is 32.6 Å². The van der Waals surface area contributed by atoms with Crippen LogP contribution in [0.4, 0.5) is 0 Å². The molecule has 3 aliphatic rings. The molecule has 3 fully saturated rings. The maximum atomic E-state index is 11.8. The lowest BCUT2D eigenvalue weighted by atomic mass is 9.93. The van der Waals surface area contributed by atoms with Gasteiger partial charge in [-0.2, -0.15) is 4.31 Å². The Hall–Kier alpha value is -1.19. The SMILES string of the molecule is CCS(=O)(=O)N1CCN(C2CC3CCC2C3)CC1.O=C(O)C(=O)O. The molecule has 2 saturated carbocycles. The lowest BCUT2D eigenvalue weighted by Gasteiger charge is -2.40. The predicted molar refractivity (Wildman–Crippen MR) is 87.1 cm³/mol. The van der Waals surface area contributed by atoms with Crippen molar-refractivity contribution in [2.24, 2.45) is 11.8 Å². The third-order valence-corrected chi connectivity index (χ3v) is 7.27. The van der Waals surface area contributed by atoms with E-state index in [1.54, 1.807) is 11.2 Å². The van der Waals surface area contributed by atoms with E-state index >= 15 is 0 Å². The maximum absolute atomic E-state index is 11.8. The van der Waals surface area contributed by atoms with Crippen molar-refractivity contribution in [3.63, 3.8) is 0 Å². The highest BCUT2D eigenvalue weighted by Gasteiger charge is 2.43. The minimum Gasteiger partial charge on any atom is -0.473 e. The number of piperazine rings is 1. The summed E-state index contributed by atoms with van der Waals surface area (Å²) in [6, 6.07) is 0.759. The predicted octanol–water partition coefficient (Wildman–Crippen LogP) is 0.298. The van der Waals surface area contributed by atoms with Crippen LogP contribution in [0.15, 0.2) is 0 Å². The number of hydrogen-bond acceptors (Lipinski definition) is 5. The second-order valence-corrected chi connectivity index (χ2v) is 8.95. The molecular formula is C15H26N2O6S. The van der Waals surface area contributed by atoms with Crippen LogP contribution >= 0.6 is 0 Å². The Bertz CT molecular complexity index is 559. The van der Waals surface area contributed by atoms with Crippen LogP contribution in [0.2, 0.25) is 0 Å². The van der Waals surface area contributed by atoms with Gasteiger partial charge in [-0.1, -0.05) is 6.42 Å². The molecule has 24 heavy (non-hydrogen) atoms. The first-order chi connectivity index (χ1) is 11.2. The van der Waals surface area contributed by atoms with Crippen molar-refractivity contribution in [2.75, 3.05) is 31.9 Å². The minimum atomic E-state index is -2.97. The lowest BCUT2D eigenvalue weighted by molar-refractivity contribution is -0.159. The van der Waals surface area contributed by atoms with Gasteiger partial charge in [0.1, 0.15) is 0 Å². The molecule has 0 radical (unpaired) electrons. The summed E-state index contributed by atoms with van der Waals surface area (Å²) in [6.07, 6.45) is 5.64. The molecule has 138 valence electrons. The number of hydrogen-bond donors (Lipinski definition) is 2. The highest BCUT2D eigenvalue weighted by molar-refractivity contribution is 7.89. The lowest BCUT2D eigenvalue weighted by Crippen LogP contribution is -2.53. The zero-order valence-corrected chi connectivity index (χ0v) is 14.7. The molecule has 3 rings (SSSR count). The molecule has 3 unspecified atom stereocenters. The smallest absolute Gasteiger partial charge is 0.414 e. The number of fused-ring (bicyclic) bond motifs is 2. The summed E-state index contributed by atoms with van der Waals surface area (Å²) >= 11 is 0. The monoisotopic (exact) mass is 362 g/mol. The maximum Gasteiger partial charge on any atom is 0.414 e. The number of carboxylic acid groups (broad SMARTS) is 2. The summed E-state index contributed by atoms with van der Waals surface area (Å²) in [5.74, 6) is -1.53. The van der Waals surface area contributed by atoms with Gasteiger partial charge < -0.3 is 10.2 Å². The quantitative estimate of drug-likeness (QED) is 0.694. The Kier molecular flexibility index (Phi) is 6.22. The number of carboxylic acids is 2. The number of nitrogens with zero attached hydrogens (tertiary/aromatic N) is 2. The van der Waals surface area contributed by atoms with Crippen LogP contribution in [0, 0.1) is 11.8 Å². The highest BCUT2D eigenvalue weighted by Crippen LogP contribution is 2.46. The van der Waals surface area contributed by atoms with Gasteiger partial charge in [-0.05, 0) is 38.0 Å². The Morgan fingerprint density at radius 1 is 1.00 bits per heavy atom. The summed E-state index contributed by atoms with van der Waals surface area (Å²) < 4.78 is 25.3. The van der Waals surface area contributed by atoms with Crippen molar-refractivity contribution in [1.29, 1.82) is 0 Å². The van der Waals surface area contributed by atoms with Crippen molar-refractivity contribution < 1.29 is 28.2 Å². The molecule has 1 aliphatic heterocycles. The van der Waals surface area contributed by atoms with E-state index in [9.17, 15) is 8.42 Å². The van der Waals surface area contributed by atoms with Gasteiger partial charge in [-0.25, -0.2) is 18.0 Å². The van der Waals surface area contributed by atoms with Crippen molar-refractivity contribution in [3.8, 4) is 0 Å². The number of carbonyl (C=O) groups is 2. The Balaban J connectivity index is 0.000000301. The van der Waals surface area contributed by atoms with Crippen molar-refractivity contribution in [2.45, 2.75) is 38.6 Å². The number of rotatable bonds is 3. The Morgan fingerprint density at radius 2 is 1.58 bits per heavy atom. The van der Waals surface area contributed by atoms with E-state index in [0.717, 1.165) is 31.0 Å². The largest absolute Gasteiger partial charge is 0.473 e. The van der Waals surface area contributed by atoms with Crippen LogP contribution in [-0.4, -0.2) is 77.7 Å². The zero-order chi connectivity index (χ0) is 17.9. The molecule has 0 aromatic heterocycles. The van der Waals surface area contributed by atoms with E-state index in [0.29, 0.717) is 13.1 Å². The van der Waals surface area contributed by atoms with Gasteiger partial charge in [-0.3, -0.25) is 4.90 Å². The van der Waals surface area contributed by atoms with Gasteiger partial charge in [-0.15, -0.1) is 0 Å². The molecule has 1 saturated heterocycles. The van der Waals surface area contributed by atoms with Gasteiger partial charge in [0.15, 0.2) is 0 Å². The fourth-order valence-corrected chi connectivity index (χ4v) is 5.24. The fourth-order valence-electron chi connectivity index (χ4n) is 4.15. The molecule has 8 nitrogen and oxygen atoms in total. The van der Waals surface area contributed by atoms with Gasteiger partial charge in [0.25, 0.3) is 0 Å². The molecule has 9 heteroatoms. The first-order valence-corrected chi connectivity index (χ1v) is 10.0. The van der Waals surface area contributed by atoms with E-state index in [-0.39, 0.29) is 5.75 Å². The number of aliphatic carboxylic acids is 2. The molecule has 0 aromatic carbocycles. The first-order valence-electron chi connectivity index (χ1n) is 8.42. The van der Waals surface area contributed by atoms with E-state index in [4.69, 9.17) is 19.8 Å². The molecule has 1 heterocycles. The second kappa shape index (κ2) is 7.79. The Morgan fingerprint density at radius 3 is 1.96 bits per heavy atom. The highest BCUT2D eigenvalue weighted by atomic mass is 32.2. The second-order valence-electron chi connectivity index (χ2n) is 6.69. The van der Waals surface area contributed by atoms with Gasteiger partial charge in [0, 0.05) is 32.2 Å². The van der Waals surface area contributed by atoms with Crippen LogP contribution in [0.3, 0.4) is 0 Å². The van der Waals surface area contributed by atoms with Crippen LogP contribution in [-0.2, 0) is 19.6 Å². The van der Waals surface area contributed by atoms with Crippen LogP contribution in [0.25, 0.3) is 0 Å². The van der Waals surface area contributed by atoms with Crippen molar-refractivity contribution in [3.05, 3.63) is 0 Å². The summed E-state index contributed by atoms with van der Waals surface area (Å²) in [4.78, 5) is 20.8. The molecule has 3 atom stereocenters. The standard InChI is InChI=1S/C13H24N2O2S.C2H2O4/c1-2-18(16,17)15-7-5-14(6-8-15)13-10-11-3-4-12(13)9-11;3-1(4)2(5)6/h11-13H,2-10H2,1H3;(H,3,4)(H,5,6). The summed E-state index contributed by atoms with van der Waals surface area (Å²) in [7, 11) is -2.97. The van der Waals surface area contributed by atoms with Crippen LogP contribution in [0.5, 0.6) is 0 Å². The summed E-state index contributed by atoms with van der Waals surface area (Å²) in [5.41, 5.74) is 0. The van der Waals surface area contributed by atoms with Gasteiger partial charge in [0.05, 0.1) is 5.75 Å². The average Bonchev–Trinajstić information content (AvgIpc) is 3.18. The third-order valence-electron chi connectivity index (χ3n) is 5.38. The third kappa shape index (κ3) is 4.46. The molecule has 2 bridgehead atoms. The first kappa shape index (κ1) is 19.1. The number of sulfonamides is 1. The van der Waals surface area contributed by atoms with E-state index in [1.165, 1.54) is 25.7 Å². The van der Waals surface area contributed by atoms with E-state index in [1.807, 2.05) is 0 Å². The molecule has 0 spiro atoms. The van der Waals surface area contributed by atoms with E-state index in [2.05, 4.69) is 4.90 Å². The molecular weight excluding hydrogens is 336 g/mol. The van der Waals surface area contributed by atoms with Gasteiger partial charge in [0.2, 0.25) is 10.0 Å². The summed E-state index contributed by atoms with van der Waals surface area (Å²) in [5, 5.41) is 14.8. The van der Waals surface area contributed by atoms with Crippen LogP contribution < -0.4 is 0 Å². The van der Waals surface area contributed by atoms with Gasteiger partial charge >= 0.3 is 11.9 Å². The topological polar surface area (TPSA) is 115 Å². The summed E-state index contributed by atoms with van der Waals surface area (Å²) in [6.45, 7) is 5.01. The fraction of sp³-hybridized carbons (Fsp3) is 0.867. The Labute approximate surface area is 142 Å². The molecule has 2 N–H and O–H groups in total. The van der Waals surface area contributed by atoms with Crippen molar-refractivity contribution in [1.82, 2.24) is 9.21 Å². The van der Waals surface area contributed by atoms with E-state index < -0.39 is 22.0 Å². The minimum absolute atomic E-state index is 0.237.